The first kappa shape index (κ1) is 8.45. The Kier molecular flexibility index (Phi) is 2.23. The molecule has 5 nitrogen and oxygen atoms in total. The van der Waals surface area contributed by atoms with Gasteiger partial charge in [0.05, 0.1) is 13.3 Å². The summed E-state index contributed by atoms with van der Waals surface area (Å²) in [6.07, 6.45) is 1.16. The number of hydrogen-bond donors (Lipinski definition) is 1. The third-order valence-corrected chi connectivity index (χ3v) is 1.27. The highest BCUT2D eigenvalue weighted by atomic mass is 16.5. The summed E-state index contributed by atoms with van der Waals surface area (Å²) in [4.78, 5) is 18.3. The van der Waals surface area contributed by atoms with Crippen LogP contribution in [-0.2, 0) is 4.74 Å². The molecule has 0 spiro atoms. The quantitative estimate of drug-likeness (QED) is 0.609. The van der Waals surface area contributed by atoms with Crippen LogP contribution in [0.4, 0.5) is 0 Å². The molecule has 0 aliphatic rings. The lowest BCUT2D eigenvalue weighted by Crippen LogP contribution is -2.06. The van der Waals surface area contributed by atoms with E-state index < -0.39 is 5.97 Å². The standard InChI is InChI=1S/C7H8N2O3/c1-4-8-3-5(10)6(9-4)7(11)12-2/h3,10H,1-2H3. The normalized spacial score (nSPS) is 9.50. The predicted octanol–water partition coefficient (Wildman–Crippen LogP) is 0.277. The van der Waals surface area contributed by atoms with Crippen molar-refractivity contribution >= 4 is 5.97 Å². The zero-order valence-electron chi connectivity index (χ0n) is 6.74. The molecule has 12 heavy (non-hydrogen) atoms. The summed E-state index contributed by atoms with van der Waals surface area (Å²) < 4.78 is 4.38. The van der Waals surface area contributed by atoms with Crippen molar-refractivity contribution < 1.29 is 14.6 Å². The summed E-state index contributed by atoms with van der Waals surface area (Å²) in [6.45, 7) is 1.62. The second-order valence-electron chi connectivity index (χ2n) is 2.14. The molecule has 1 N–H and O–H groups in total. The van der Waals surface area contributed by atoms with Gasteiger partial charge in [0.15, 0.2) is 11.4 Å². The summed E-state index contributed by atoms with van der Waals surface area (Å²) >= 11 is 0. The van der Waals surface area contributed by atoms with Gasteiger partial charge in [0, 0.05) is 0 Å². The molecule has 0 bridgehead atoms. The molecular weight excluding hydrogens is 160 g/mol. The van der Waals surface area contributed by atoms with Gasteiger partial charge in [-0.3, -0.25) is 0 Å². The van der Waals surface area contributed by atoms with E-state index in [-0.39, 0.29) is 11.4 Å². The number of hydrogen-bond acceptors (Lipinski definition) is 5. The zero-order chi connectivity index (χ0) is 9.14. The maximum atomic E-state index is 10.9. The first-order valence-corrected chi connectivity index (χ1v) is 3.26. The molecule has 0 atom stereocenters. The van der Waals surface area contributed by atoms with E-state index in [0.717, 1.165) is 6.20 Å². The van der Waals surface area contributed by atoms with Crippen LogP contribution in [0.2, 0.25) is 0 Å². The van der Waals surface area contributed by atoms with E-state index in [1.807, 2.05) is 0 Å². The van der Waals surface area contributed by atoms with Crippen LogP contribution in [0.15, 0.2) is 6.20 Å². The summed E-state index contributed by atoms with van der Waals surface area (Å²) in [7, 11) is 1.22. The molecule has 5 heteroatoms. The van der Waals surface area contributed by atoms with Gasteiger partial charge in [-0.25, -0.2) is 14.8 Å². The molecule has 0 saturated heterocycles. The van der Waals surface area contributed by atoms with Gasteiger partial charge in [-0.1, -0.05) is 0 Å². The molecule has 0 aliphatic heterocycles. The number of carbonyl (C=O) groups is 1. The van der Waals surface area contributed by atoms with Crippen molar-refractivity contribution in [2.45, 2.75) is 6.92 Å². The number of methoxy groups -OCH3 is 1. The number of esters is 1. The molecule has 1 heterocycles. The third kappa shape index (κ3) is 1.50. The highest BCUT2D eigenvalue weighted by molar-refractivity contribution is 5.89. The molecule has 0 saturated carbocycles. The van der Waals surface area contributed by atoms with E-state index in [4.69, 9.17) is 5.11 Å². The molecule has 64 valence electrons. The van der Waals surface area contributed by atoms with E-state index in [2.05, 4.69) is 14.7 Å². The second kappa shape index (κ2) is 3.17. The van der Waals surface area contributed by atoms with Crippen molar-refractivity contribution in [1.29, 1.82) is 0 Å². The Bertz CT molecular complexity index is 312. The summed E-state index contributed by atoms with van der Waals surface area (Å²) in [6, 6.07) is 0. The third-order valence-electron chi connectivity index (χ3n) is 1.27. The van der Waals surface area contributed by atoms with E-state index >= 15 is 0 Å². The summed E-state index contributed by atoms with van der Waals surface area (Å²) in [5.41, 5.74) is -0.106. The number of nitrogens with zero attached hydrogens (tertiary/aromatic N) is 2. The minimum absolute atomic E-state index is 0.106. The lowest BCUT2D eigenvalue weighted by molar-refractivity contribution is 0.0589. The van der Waals surface area contributed by atoms with Crippen LogP contribution in [0, 0.1) is 6.92 Å². The predicted molar refractivity (Wildman–Crippen MR) is 39.8 cm³/mol. The lowest BCUT2D eigenvalue weighted by Gasteiger charge is -2.00. The van der Waals surface area contributed by atoms with E-state index in [9.17, 15) is 4.79 Å². The number of aryl methyl sites for hydroxylation is 1. The largest absolute Gasteiger partial charge is 0.504 e. The van der Waals surface area contributed by atoms with Gasteiger partial charge in [0.2, 0.25) is 0 Å². The second-order valence-corrected chi connectivity index (χ2v) is 2.14. The van der Waals surface area contributed by atoms with Crippen molar-refractivity contribution in [2.75, 3.05) is 7.11 Å². The van der Waals surface area contributed by atoms with Gasteiger partial charge in [0.25, 0.3) is 0 Å². The topological polar surface area (TPSA) is 72.3 Å². The van der Waals surface area contributed by atoms with Gasteiger partial charge in [-0.05, 0) is 6.92 Å². The van der Waals surface area contributed by atoms with Crippen LogP contribution in [-0.4, -0.2) is 28.2 Å². The zero-order valence-corrected chi connectivity index (χ0v) is 6.74. The van der Waals surface area contributed by atoms with E-state index in [1.165, 1.54) is 7.11 Å². The Balaban J connectivity index is 3.13. The average molecular weight is 168 g/mol. The molecule has 0 fully saturated rings. The minimum Gasteiger partial charge on any atom is -0.504 e. The fourth-order valence-electron chi connectivity index (χ4n) is 0.711. The molecule has 1 aromatic rings. The SMILES string of the molecule is COC(=O)c1nc(C)ncc1O. The van der Waals surface area contributed by atoms with E-state index in [1.54, 1.807) is 6.92 Å². The van der Waals surface area contributed by atoms with Gasteiger partial charge in [-0.2, -0.15) is 0 Å². The van der Waals surface area contributed by atoms with Crippen LogP contribution in [0.3, 0.4) is 0 Å². The molecule has 0 aromatic carbocycles. The molecule has 0 unspecified atom stereocenters. The molecule has 0 amide bonds. The summed E-state index contributed by atoms with van der Waals surface area (Å²) in [5.74, 6) is -0.529. The van der Waals surface area contributed by atoms with Crippen molar-refractivity contribution in [1.82, 2.24) is 9.97 Å². The minimum atomic E-state index is -0.669. The first-order valence-electron chi connectivity index (χ1n) is 3.26. The number of aromatic nitrogens is 2. The molecule has 0 radical (unpaired) electrons. The fraction of sp³-hybridized carbons (Fsp3) is 0.286. The maximum Gasteiger partial charge on any atom is 0.360 e. The molecule has 0 aliphatic carbocycles. The van der Waals surface area contributed by atoms with Crippen LogP contribution in [0.25, 0.3) is 0 Å². The Morgan fingerprint density at radius 2 is 2.33 bits per heavy atom. The highest BCUT2D eigenvalue weighted by Gasteiger charge is 2.13. The smallest absolute Gasteiger partial charge is 0.360 e. The lowest BCUT2D eigenvalue weighted by atomic mass is 10.4. The Labute approximate surface area is 69.0 Å². The van der Waals surface area contributed by atoms with Crippen molar-refractivity contribution in [3.8, 4) is 5.75 Å². The van der Waals surface area contributed by atoms with Gasteiger partial charge >= 0.3 is 5.97 Å². The average Bonchev–Trinajstić information content (AvgIpc) is 2.08. The summed E-state index contributed by atoms with van der Waals surface area (Å²) in [5, 5.41) is 9.11. The fourth-order valence-corrected chi connectivity index (χ4v) is 0.711. The molecular formula is C7H8N2O3. The maximum absolute atomic E-state index is 10.9. The van der Waals surface area contributed by atoms with Gasteiger partial charge < -0.3 is 9.84 Å². The van der Waals surface area contributed by atoms with Crippen molar-refractivity contribution in [3.63, 3.8) is 0 Å². The van der Waals surface area contributed by atoms with Crippen LogP contribution >= 0.6 is 0 Å². The van der Waals surface area contributed by atoms with Gasteiger partial charge in [0.1, 0.15) is 5.82 Å². The number of ether oxygens (including phenoxy) is 1. The van der Waals surface area contributed by atoms with Crippen molar-refractivity contribution in [3.05, 3.63) is 17.7 Å². The first-order chi connectivity index (χ1) is 5.65. The van der Waals surface area contributed by atoms with Gasteiger partial charge in [-0.15, -0.1) is 0 Å². The van der Waals surface area contributed by atoms with Crippen LogP contribution < -0.4 is 0 Å². The van der Waals surface area contributed by atoms with E-state index in [0.29, 0.717) is 5.82 Å². The molecule has 1 aromatic heterocycles. The van der Waals surface area contributed by atoms with Crippen molar-refractivity contribution in [2.24, 2.45) is 0 Å². The monoisotopic (exact) mass is 168 g/mol. The Morgan fingerprint density at radius 1 is 1.67 bits per heavy atom. The highest BCUT2D eigenvalue weighted by Crippen LogP contribution is 2.12. The molecule has 1 rings (SSSR count). The number of carbonyl (C=O) groups excluding carboxylic acids is 1. The Morgan fingerprint density at radius 3 is 2.92 bits per heavy atom. The Hall–Kier alpha value is -1.65. The number of rotatable bonds is 1. The number of aromatic hydroxyl groups is 1. The van der Waals surface area contributed by atoms with Crippen LogP contribution in [0.5, 0.6) is 5.75 Å². The van der Waals surface area contributed by atoms with Crippen LogP contribution in [0.1, 0.15) is 16.3 Å².